The number of nitrogens with zero attached hydrogens (tertiary/aromatic N) is 4. The molecule has 0 aromatic carbocycles. The molecule has 0 atom stereocenters. The van der Waals surface area contributed by atoms with Gasteiger partial charge < -0.3 is 0 Å². The first-order valence-corrected chi connectivity index (χ1v) is 27.0. The Balaban J connectivity index is 0.000000275. The van der Waals surface area contributed by atoms with Gasteiger partial charge in [0.1, 0.15) is 0 Å². The Morgan fingerprint density at radius 2 is 0.791 bits per heavy atom. The molecule has 4 aromatic heterocycles. The molecule has 11 heteroatoms. The van der Waals surface area contributed by atoms with Crippen LogP contribution < -0.4 is 10.4 Å². The molecule has 4 rings (SSSR count). The van der Waals surface area contributed by atoms with Crippen LogP contribution in [0.2, 0.25) is 22.2 Å². The second-order valence-electron chi connectivity index (χ2n) is 11.5. The fraction of sp³-hybridized carbons (Fsp3) is 0.375. The SMILES string of the molecule is CC(C)[Si](Cl)(c1ccc(-c2ccccn2)nc1)C(C)C.CC(C)[Si](Cl)(c1ccc(-c2ccccn2)nc1)C(C)C.[Cl][Os][Cl]. The van der Waals surface area contributed by atoms with Crippen LogP contribution in [0.5, 0.6) is 0 Å². The molecule has 0 unspecified atom stereocenters. The number of pyridine rings is 4. The van der Waals surface area contributed by atoms with Crippen LogP contribution in [0.15, 0.2) is 85.5 Å². The van der Waals surface area contributed by atoms with E-state index in [4.69, 9.17) is 41.4 Å². The maximum atomic E-state index is 7.02. The number of hydrogen-bond donors (Lipinski definition) is 0. The van der Waals surface area contributed by atoms with Crippen molar-refractivity contribution in [1.82, 2.24) is 19.9 Å². The molecule has 0 spiro atoms. The second-order valence-corrected chi connectivity index (χ2v) is 27.8. The number of aromatic nitrogens is 4. The van der Waals surface area contributed by atoms with Crippen molar-refractivity contribution >= 4 is 66.6 Å². The molecule has 4 heterocycles. The first kappa shape index (κ1) is 38.0. The van der Waals surface area contributed by atoms with E-state index in [1.165, 1.54) is 10.4 Å². The molecule has 0 radical (unpaired) electrons. The molecule has 0 saturated heterocycles. The van der Waals surface area contributed by atoms with Gasteiger partial charge in [0.05, 0.1) is 22.8 Å². The molecule has 0 fully saturated rings. The summed E-state index contributed by atoms with van der Waals surface area (Å²) < 4.78 is 0. The molecule has 0 aliphatic carbocycles. The van der Waals surface area contributed by atoms with E-state index < -0.39 is 30.2 Å². The van der Waals surface area contributed by atoms with Crippen molar-refractivity contribution in [2.45, 2.75) is 77.6 Å². The van der Waals surface area contributed by atoms with E-state index in [9.17, 15) is 0 Å². The van der Waals surface area contributed by atoms with Crippen molar-refractivity contribution < 1.29 is 15.4 Å². The van der Waals surface area contributed by atoms with Gasteiger partial charge in [0, 0.05) is 24.8 Å². The molecule has 0 aliphatic heterocycles. The normalized spacial score (nSPS) is 11.8. The number of halogens is 4. The summed E-state index contributed by atoms with van der Waals surface area (Å²) in [7, 11) is 5.78. The van der Waals surface area contributed by atoms with E-state index in [2.05, 4.69) is 87.5 Å². The molecule has 0 amide bonds. The molecule has 0 bridgehead atoms. The average Bonchev–Trinajstić information content (AvgIpc) is 3.01. The van der Waals surface area contributed by atoms with Crippen molar-refractivity contribution in [3.63, 3.8) is 0 Å². The number of hydrogen-bond acceptors (Lipinski definition) is 4. The summed E-state index contributed by atoms with van der Waals surface area (Å²) in [5.74, 6) is 0. The van der Waals surface area contributed by atoms with Gasteiger partial charge in [-0.25, -0.2) is 0 Å². The predicted molar refractivity (Wildman–Crippen MR) is 190 cm³/mol. The molecule has 4 aromatic rings. The van der Waals surface area contributed by atoms with Gasteiger partial charge in [0.2, 0.25) is 0 Å². The van der Waals surface area contributed by atoms with Gasteiger partial charge in [0.25, 0.3) is 0 Å². The van der Waals surface area contributed by atoms with E-state index in [1.54, 1.807) is 12.4 Å². The Morgan fingerprint density at radius 1 is 0.488 bits per heavy atom. The van der Waals surface area contributed by atoms with Gasteiger partial charge in [-0.05, 0) is 68.9 Å². The second kappa shape index (κ2) is 18.1. The van der Waals surface area contributed by atoms with Gasteiger partial charge in [-0.15, -0.1) is 0 Å². The summed E-state index contributed by atoms with van der Waals surface area (Å²) in [6.07, 6.45) is 7.47. The summed E-state index contributed by atoms with van der Waals surface area (Å²) in [5.41, 5.74) is 5.51. The summed E-state index contributed by atoms with van der Waals surface area (Å²) in [6.45, 7) is 17.7. The fourth-order valence-electron chi connectivity index (χ4n) is 5.24. The van der Waals surface area contributed by atoms with E-state index in [0.717, 1.165) is 22.8 Å². The quantitative estimate of drug-likeness (QED) is 0.131. The topological polar surface area (TPSA) is 51.6 Å². The summed E-state index contributed by atoms with van der Waals surface area (Å²) in [4.78, 5) is 17.8. The van der Waals surface area contributed by atoms with Crippen LogP contribution in [0.1, 0.15) is 55.4 Å². The Kier molecular flexibility index (Phi) is 16.0. The molecule has 0 N–H and O–H groups in total. The van der Waals surface area contributed by atoms with Gasteiger partial charge in [0.15, 0.2) is 14.8 Å². The van der Waals surface area contributed by atoms with Crippen molar-refractivity contribution in [3.8, 4) is 22.8 Å². The molecule has 0 aliphatic rings. The number of rotatable bonds is 8. The summed E-state index contributed by atoms with van der Waals surface area (Å²) >= 11 is 13.4. The Labute approximate surface area is 285 Å². The third-order valence-electron chi connectivity index (χ3n) is 7.63. The van der Waals surface area contributed by atoms with E-state index in [1.807, 2.05) is 60.9 Å². The third kappa shape index (κ3) is 9.91. The fourth-order valence-corrected chi connectivity index (χ4v) is 12.4. The standard InChI is InChI=1S/2C16H21ClN2Si.2ClH.Os/c2*1-12(2)20(17,13(3)4)14-8-9-16(19-11-14)15-7-5-6-10-18-15;;;/h2*5-13H,1-4H3;2*1H;/q;;;;+2/p-2. The van der Waals surface area contributed by atoms with E-state index in [-0.39, 0.29) is 0 Å². The van der Waals surface area contributed by atoms with E-state index >= 15 is 0 Å². The van der Waals surface area contributed by atoms with Gasteiger partial charge in [-0.3, -0.25) is 19.9 Å². The maximum absolute atomic E-state index is 7.02. The monoisotopic (exact) mass is 870 g/mol. The first-order chi connectivity index (χ1) is 20.3. The van der Waals surface area contributed by atoms with Gasteiger partial charge in [-0.1, -0.05) is 79.7 Å². The van der Waals surface area contributed by atoms with Crippen LogP contribution in [0.3, 0.4) is 0 Å². The van der Waals surface area contributed by atoms with Crippen LogP contribution in [0.25, 0.3) is 22.8 Å². The van der Waals surface area contributed by atoms with Crippen LogP contribution >= 0.6 is 41.4 Å². The minimum atomic E-state index is -2.01. The Bertz CT molecular complexity index is 1220. The van der Waals surface area contributed by atoms with Crippen molar-refractivity contribution in [2.75, 3.05) is 0 Å². The zero-order chi connectivity index (χ0) is 32.2. The molecular formula is C32H42Cl4N4OsSi2. The van der Waals surface area contributed by atoms with Gasteiger partial charge >= 0.3 is 34.7 Å². The predicted octanol–water partition coefficient (Wildman–Crippen LogP) is 10.1. The first-order valence-electron chi connectivity index (χ1n) is 14.3. The van der Waals surface area contributed by atoms with Crippen LogP contribution in [0.4, 0.5) is 0 Å². The van der Waals surface area contributed by atoms with E-state index in [0.29, 0.717) is 22.2 Å². The Morgan fingerprint density at radius 3 is 1.00 bits per heavy atom. The molecule has 43 heavy (non-hydrogen) atoms. The molecule has 4 nitrogen and oxygen atoms in total. The van der Waals surface area contributed by atoms with Crippen LogP contribution in [-0.4, -0.2) is 34.7 Å². The molecular weight excluding hydrogens is 829 g/mol. The van der Waals surface area contributed by atoms with Crippen LogP contribution in [0, 0.1) is 0 Å². The van der Waals surface area contributed by atoms with Crippen molar-refractivity contribution in [2.24, 2.45) is 0 Å². The van der Waals surface area contributed by atoms with Crippen molar-refractivity contribution in [1.29, 1.82) is 0 Å². The average molecular weight is 871 g/mol. The van der Waals surface area contributed by atoms with Crippen LogP contribution in [-0.2, 0) is 15.4 Å². The van der Waals surface area contributed by atoms with Crippen molar-refractivity contribution in [3.05, 3.63) is 85.5 Å². The zero-order valence-corrected chi connectivity index (χ0v) is 33.6. The minimum absolute atomic E-state index is 0.478. The zero-order valence-electron chi connectivity index (χ0n) is 26.0. The molecule has 0 saturated carbocycles. The Hall–Kier alpha value is -1.17. The van der Waals surface area contributed by atoms with Gasteiger partial charge in [-0.2, -0.15) is 22.2 Å². The molecule has 234 valence electrons. The summed E-state index contributed by atoms with van der Waals surface area (Å²) in [6, 6.07) is 20.0. The summed E-state index contributed by atoms with van der Waals surface area (Å²) in [5, 5.41) is 2.42. The third-order valence-corrected chi connectivity index (χ3v) is 23.3.